The van der Waals surface area contributed by atoms with Crippen LogP contribution in [0.5, 0.6) is 17.6 Å². The van der Waals surface area contributed by atoms with Crippen LogP contribution in [0.4, 0.5) is 24.8 Å². The second kappa shape index (κ2) is 11.3. The summed E-state index contributed by atoms with van der Waals surface area (Å²) < 4.78 is 59.7. The van der Waals surface area contributed by atoms with Crippen molar-refractivity contribution in [3.8, 4) is 41.2 Å². The number of fused-ring (bicyclic) bond motifs is 3. The average molecular weight is 680 g/mol. The maximum atomic E-state index is 17.2. The van der Waals surface area contributed by atoms with Gasteiger partial charge in [-0.3, -0.25) is 4.90 Å². The Labute approximate surface area is 285 Å². The van der Waals surface area contributed by atoms with Gasteiger partial charge < -0.3 is 25.2 Å². The Kier molecular flexibility index (Phi) is 6.96. The fraction of sp³-hybridized carbons (Fsp3) is 0.351. The Morgan fingerprint density at radius 1 is 1.14 bits per heavy atom. The number of aromatic hydroxyl groups is 1. The SMILES string of the molecule is C#Cc1c(F)ccc2cc(O)cc(-c3nc4c5c(nc(OC[C@@]67CCCN6C[C@H](F)C7)nc5c3F)N(Cc3cccnc3N)C3CCC3O4)c12. The van der Waals surface area contributed by atoms with E-state index in [1.54, 1.807) is 12.3 Å². The van der Waals surface area contributed by atoms with Crippen molar-refractivity contribution in [2.75, 3.05) is 30.3 Å². The molecule has 3 N–H and O–H groups in total. The lowest BCUT2D eigenvalue weighted by Crippen LogP contribution is -2.52. The minimum atomic E-state index is -0.960. The molecule has 2 unspecified atom stereocenters. The number of pyridine rings is 2. The van der Waals surface area contributed by atoms with Crippen molar-refractivity contribution in [3.05, 3.63) is 65.4 Å². The van der Waals surface area contributed by atoms with Gasteiger partial charge in [0.2, 0.25) is 5.88 Å². The highest BCUT2D eigenvalue weighted by atomic mass is 19.1. The van der Waals surface area contributed by atoms with Gasteiger partial charge in [0.1, 0.15) is 58.7 Å². The van der Waals surface area contributed by atoms with E-state index < -0.39 is 23.3 Å². The minimum Gasteiger partial charge on any atom is -0.508 e. The summed E-state index contributed by atoms with van der Waals surface area (Å²) in [6, 6.07) is 8.79. The van der Waals surface area contributed by atoms with E-state index in [4.69, 9.17) is 31.6 Å². The van der Waals surface area contributed by atoms with E-state index in [1.807, 2.05) is 11.0 Å². The highest BCUT2D eigenvalue weighted by Crippen LogP contribution is 2.47. The van der Waals surface area contributed by atoms with E-state index in [1.165, 1.54) is 24.3 Å². The largest absolute Gasteiger partial charge is 0.508 e. The first-order chi connectivity index (χ1) is 24.2. The molecule has 0 spiro atoms. The number of alkyl halides is 1. The summed E-state index contributed by atoms with van der Waals surface area (Å²) in [6.45, 7) is 1.55. The van der Waals surface area contributed by atoms with Crippen LogP contribution in [0.2, 0.25) is 0 Å². The second-order valence-electron chi connectivity index (χ2n) is 13.6. The number of ether oxygens (including phenoxy) is 2. The number of phenolic OH excluding ortho intramolecular Hbond substituents is 1. The number of aromatic nitrogens is 4. The molecule has 4 atom stereocenters. The van der Waals surface area contributed by atoms with Crippen LogP contribution in [-0.2, 0) is 6.54 Å². The van der Waals surface area contributed by atoms with Crippen molar-refractivity contribution in [2.45, 2.75) is 62.5 Å². The van der Waals surface area contributed by atoms with E-state index in [0.29, 0.717) is 43.0 Å². The first-order valence-corrected chi connectivity index (χ1v) is 16.7. The smallest absolute Gasteiger partial charge is 0.319 e. The topological polar surface area (TPSA) is 123 Å². The van der Waals surface area contributed by atoms with Crippen molar-refractivity contribution in [2.24, 2.45) is 0 Å². The number of halogens is 3. The summed E-state index contributed by atoms with van der Waals surface area (Å²) in [4.78, 5) is 22.6. The van der Waals surface area contributed by atoms with Gasteiger partial charge in [0.25, 0.3) is 0 Å². The molecule has 254 valence electrons. The van der Waals surface area contributed by atoms with Crippen LogP contribution < -0.4 is 20.1 Å². The van der Waals surface area contributed by atoms with E-state index in [0.717, 1.165) is 31.4 Å². The Morgan fingerprint density at radius 2 is 2.02 bits per heavy atom. The molecule has 0 radical (unpaired) electrons. The zero-order valence-corrected chi connectivity index (χ0v) is 26.9. The summed E-state index contributed by atoms with van der Waals surface area (Å²) in [5.74, 6) is 1.44. The van der Waals surface area contributed by atoms with Crippen LogP contribution in [0, 0.1) is 24.0 Å². The van der Waals surface area contributed by atoms with E-state index >= 15 is 8.78 Å². The molecule has 2 saturated heterocycles. The Balaban J connectivity index is 1.26. The molecule has 3 aromatic heterocycles. The molecular formula is C37H32F3N7O3. The molecular weight excluding hydrogens is 647 g/mol. The predicted octanol–water partition coefficient (Wildman–Crippen LogP) is 5.67. The molecule has 0 amide bonds. The van der Waals surface area contributed by atoms with Crippen molar-refractivity contribution in [3.63, 3.8) is 0 Å². The number of terminal acetylenes is 1. The maximum Gasteiger partial charge on any atom is 0.319 e. The van der Waals surface area contributed by atoms with Crippen LogP contribution in [0.15, 0.2) is 42.6 Å². The van der Waals surface area contributed by atoms with Crippen LogP contribution >= 0.6 is 0 Å². The first kappa shape index (κ1) is 30.7. The summed E-state index contributed by atoms with van der Waals surface area (Å²) in [5.41, 5.74) is 6.13. The monoisotopic (exact) mass is 679 g/mol. The molecule has 1 saturated carbocycles. The van der Waals surface area contributed by atoms with E-state index in [-0.39, 0.29) is 69.5 Å². The highest BCUT2D eigenvalue weighted by molar-refractivity contribution is 6.04. The lowest BCUT2D eigenvalue weighted by atomic mass is 9.87. The lowest BCUT2D eigenvalue weighted by molar-refractivity contribution is 0.0871. The number of benzene rings is 2. The average Bonchev–Trinajstić information content (AvgIpc) is 3.60. The molecule has 50 heavy (non-hydrogen) atoms. The molecule has 2 aromatic carbocycles. The molecule has 3 fully saturated rings. The van der Waals surface area contributed by atoms with Crippen LogP contribution in [0.1, 0.15) is 43.2 Å². The van der Waals surface area contributed by atoms with E-state index in [2.05, 4.69) is 20.8 Å². The third-order valence-corrected chi connectivity index (χ3v) is 10.8. The number of nitrogens with two attached hydrogens (primary N) is 1. The Hall–Kier alpha value is -5.35. The number of phenols is 1. The van der Waals surface area contributed by atoms with Gasteiger partial charge in [-0.2, -0.15) is 9.97 Å². The third-order valence-electron chi connectivity index (χ3n) is 10.8. The molecule has 6 heterocycles. The first-order valence-electron chi connectivity index (χ1n) is 16.7. The number of rotatable bonds is 6. The summed E-state index contributed by atoms with van der Waals surface area (Å²) >= 11 is 0. The Bertz CT molecular complexity index is 2260. The number of nitrogen functional groups attached to an aromatic ring is 1. The Morgan fingerprint density at radius 3 is 2.82 bits per heavy atom. The van der Waals surface area contributed by atoms with Gasteiger partial charge in [-0.05, 0) is 61.9 Å². The van der Waals surface area contributed by atoms with E-state index in [9.17, 15) is 9.50 Å². The zero-order chi connectivity index (χ0) is 34.3. The standard InChI is InChI=1S/C37H32F3N7O3/c1-2-23-25(39)7-6-19-13-22(48)14-24(28(19)23)31-30(40)32-29-34(45-36(44-32)49-18-37-10-4-12-46(37)17-21(38)15-37)47(16-20-5-3-11-42-33(20)41)26-8-9-27(26)50-35(29)43-31/h1,3,5-7,11,13-14,21,26-27,48H,4,8-10,12,15-18H2,(H2,41,42)/t21-,26?,27?,37+/m1/s1. The molecule has 9 rings (SSSR count). The van der Waals surface area contributed by atoms with Crippen LogP contribution in [-0.4, -0.2) is 73.5 Å². The number of anilines is 2. The maximum absolute atomic E-state index is 17.2. The highest BCUT2D eigenvalue weighted by Gasteiger charge is 2.50. The van der Waals surface area contributed by atoms with Gasteiger partial charge in [0.05, 0.1) is 17.1 Å². The zero-order valence-electron chi connectivity index (χ0n) is 26.9. The molecule has 10 nitrogen and oxygen atoms in total. The second-order valence-corrected chi connectivity index (χ2v) is 13.6. The molecule has 0 bridgehead atoms. The van der Waals surface area contributed by atoms with Gasteiger partial charge >= 0.3 is 6.01 Å². The fourth-order valence-electron chi connectivity index (χ4n) is 8.25. The number of nitrogens with zero attached hydrogens (tertiary/aromatic N) is 6. The van der Waals surface area contributed by atoms with Crippen molar-refractivity contribution in [1.82, 2.24) is 24.8 Å². The quantitative estimate of drug-likeness (QED) is 0.217. The lowest BCUT2D eigenvalue weighted by Gasteiger charge is -2.42. The summed E-state index contributed by atoms with van der Waals surface area (Å²) in [6.07, 6.45) is 9.55. The van der Waals surface area contributed by atoms with Crippen molar-refractivity contribution >= 4 is 33.3 Å². The number of hydrogen-bond acceptors (Lipinski definition) is 10. The molecule has 4 aliphatic rings. The fourth-order valence-corrected chi connectivity index (χ4v) is 8.25. The normalized spacial score (nSPS) is 24.0. The van der Waals surface area contributed by atoms with Crippen molar-refractivity contribution in [1.29, 1.82) is 0 Å². The third kappa shape index (κ3) is 4.69. The molecule has 1 aliphatic carbocycles. The summed E-state index contributed by atoms with van der Waals surface area (Å²) in [7, 11) is 0. The molecule has 3 aliphatic heterocycles. The van der Waals surface area contributed by atoms with Gasteiger partial charge in [-0.15, -0.1) is 6.42 Å². The number of hydrogen-bond donors (Lipinski definition) is 2. The summed E-state index contributed by atoms with van der Waals surface area (Å²) in [5, 5.41) is 11.5. The molecule has 5 aromatic rings. The predicted molar refractivity (Wildman–Crippen MR) is 181 cm³/mol. The van der Waals surface area contributed by atoms with Gasteiger partial charge in [-0.25, -0.2) is 23.1 Å². The van der Waals surface area contributed by atoms with Crippen molar-refractivity contribution < 1.29 is 27.8 Å². The minimum absolute atomic E-state index is 0.0733. The van der Waals surface area contributed by atoms with Crippen LogP contribution in [0.25, 0.3) is 32.9 Å². The molecule has 13 heteroatoms. The van der Waals surface area contributed by atoms with Gasteiger partial charge in [0, 0.05) is 42.2 Å². The van der Waals surface area contributed by atoms with Gasteiger partial charge in [0.15, 0.2) is 5.82 Å². The van der Waals surface area contributed by atoms with Crippen LogP contribution in [0.3, 0.4) is 0 Å². The van der Waals surface area contributed by atoms with Gasteiger partial charge in [-0.1, -0.05) is 18.1 Å².